The van der Waals surface area contributed by atoms with Gasteiger partial charge in [0.15, 0.2) is 0 Å². The Labute approximate surface area is 111 Å². The topological polar surface area (TPSA) is 56.2 Å². The van der Waals surface area contributed by atoms with E-state index >= 15 is 0 Å². The van der Waals surface area contributed by atoms with Crippen LogP contribution in [-0.4, -0.2) is 20.4 Å². The van der Waals surface area contributed by atoms with E-state index in [1.165, 1.54) is 0 Å². The summed E-state index contributed by atoms with van der Waals surface area (Å²) in [5, 5.41) is 0. The van der Waals surface area contributed by atoms with Gasteiger partial charge in [-0.3, -0.25) is 9.38 Å². The van der Waals surface area contributed by atoms with Crippen molar-refractivity contribution in [2.24, 2.45) is 5.73 Å². The Morgan fingerprint density at radius 2 is 2.00 bits per heavy atom. The lowest BCUT2D eigenvalue weighted by Crippen LogP contribution is -2.18. The average Bonchev–Trinajstić information content (AvgIpc) is 2.78. The minimum atomic E-state index is 0.101. The van der Waals surface area contributed by atoms with Gasteiger partial charge >= 0.3 is 0 Å². The monoisotopic (exact) mass is 252 g/mol. The quantitative estimate of drug-likeness (QED) is 0.778. The van der Waals surface area contributed by atoms with Gasteiger partial charge in [-0.2, -0.15) is 0 Å². The van der Waals surface area contributed by atoms with Gasteiger partial charge in [-0.15, -0.1) is 0 Å². The van der Waals surface area contributed by atoms with Crippen LogP contribution in [0, 0.1) is 0 Å². The molecular formula is C15H16N4. The Kier molecular flexibility index (Phi) is 3.01. The maximum atomic E-state index is 5.90. The van der Waals surface area contributed by atoms with Crippen molar-refractivity contribution in [2.75, 3.05) is 0 Å². The van der Waals surface area contributed by atoms with Crippen LogP contribution in [0.4, 0.5) is 0 Å². The predicted molar refractivity (Wildman–Crippen MR) is 75.8 cm³/mol. The van der Waals surface area contributed by atoms with Gasteiger partial charge < -0.3 is 5.73 Å². The summed E-state index contributed by atoms with van der Waals surface area (Å²) >= 11 is 0. The number of pyridine rings is 2. The largest absolute Gasteiger partial charge is 0.328 e. The molecule has 0 fully saturated rings. The maximum Gasteiger partial charge on any atom is 0.144 e. The Morgan fingerprint density at radius 1 is 1.21 bits per heavy atom. The second-order valence-corrected chi connectivity index (χ2v) is 4.76. The van der Waals surface area contributed by atoms with Crippen LogP contribution in [0.25, 0.3) is 16.9 Å². The van der Waals surface area contributed by atoms with E-state index < -0.39 is 0 Å². The molecule has 0 aliphatic heterocycles. The average molecular weight is 252 g/mol. The fraction of sp³-hybridized carbons (Fsp3) is 0.200. The molecular weight excluding hydrogens is 236 g/mol. The molecule has 4 nitrogen and oxygen atoms in total. The Morgan fingerprint density at radius 3 is 2.74 bits per heavy atom. The van der Waals surface area contributed by atoms with Crippen molar-refractivity contribution < 1.29 is 0 Å². The summed E-state index contributed by atoms with van der Waals surface area (Å²) in [6, 6.07) is 10.2. The second kappa shape index (κ2) is 4.82. The number of hydrogen-bond donors (Lipinski definition) is 1. The van der Waals surface area contributed by atoms with Crippen LogP contribution < -0.4 is 5.73 Å². The summed E-state index contributed by atoms with van der Waals surface area (Å²) < 4.78 is 2.10. The van der Waals surface area contributed by atoms with Gasteiger partial charge in [-0.25, -0.2) is 4.98 Å². The van der Waals surface area contributed by atoms with Crippen molar-refractivity contribution in [3.8, 4) is 11.4 Å². The van der Waals surface area contributed by atoms with E-state index in [-0.39, 0.29) is 6.04 Å². The van der Waals surface area contributed by atoms with Crippen molar-refractivity contribution in [1.82, 2.24) is 14.4 Å². The first kappa shape index (κ1) is 11.9. The molecule has 3 aromatic rings. The number of aromatic nitrogens is 3. The predicted octanol–water partition coefficient (Wildman–Crippen LogP) is 2.29. The Bertz CT molecular complexity index is 686. The lowest BCUT2D eigenvalue weighted by molar-refractivity contribution is 0.729. The zero-order chi connectivity index (χ0) is 13.2. The molecule has 96 valence electrons. The molecule has 3 rings (SSSR count). The van der Waals surface area contributed by atoms with E-state index in [0.717, 1.165) is 29.0 Å². The molecule has 0 saturated heterocycles. The standard InChI is InChI=1S/C15H16N4/c1-11(16)10-13-14-4-2-3-9-19(14)15(18-13)12-5-7-17-8-6-12/h2-9,11H,10,16H2,1H3. The third-order valence-electron chi connectivity index (χ3n) is 3.08. The summed E-state index contributed by atoms with van der Waals surface area (Å²) in [5.41, 5.74) is 9.13. The van der Waals surface area contributed by atoms with Gasteiger partial charge in [0.1, 0.15) is 5.82 Å². The Balaban J connectivity index is 2.20. The first-order chi connectivity index (χ1) is 9.25. The number of imidazole rings is 1. The van der Waals surface area contributed by atoms with Crippen LogP contribution in [0.2, 0.25) is 0 Å². The summed E-state index contributed by atoms with van der Waals surface area (Å²) in [6.07, 6.45) is 6.37. The normalized spacial score (nSPS) is 12.7. The van der Waals surface area contributed by atoms with Crippen molar-refractivity contribution in [2.45, 2.75) is 19.4 Å². The van der Waals surface area contributed by atoms with Crippen LogP contribution in [0.5, 0.6) is 0 Å². The molecule has 1 atom stereocenters. The van der Waals surface area contributed by atoms with E-state index in [1.807, 2.05) is 37.4 Å². The minimum Gasteiger partial charge on any atom is -0.328 e. The maximum absolute atomic E-state index is 5.90. The van der Waals surface area contributed by atoms with Crippen molar-refractivity contribution in [1.29, 1.82) is 0 Å². The van der Waals surface area contributed by atoms with Crippen molar-refractivity contribution >= 4 is 5.52 Å². The highest BCUT2D eigenvalue weighted by Gasteiger charge is 2.12. The zero-order valence-corrected chi connectivity index (χ0v) is 10.8. The molecule has 4 heteroatoms. The van der Waals surface area contributed by atoms with E-state index in [9.17, 15) is 0 Å². The number of nitrogens with zero attached hydrogens (tertiary/aromatic N) is 3. The highest BCUT2D eigenvalue weighted by molar-refractivity contribution is 5.65. The molecule has 19 heavy (non-hydrogen) atoms. The van der Waals surface area contributed by atoms with Gasteiger partial charge in [0.2, 0.25) is 0 Å². The second-order valence-electron chi connectivity index (χ2n) is 4.76. The highest BCUT2D eigenvalue weighted by Crippen LogP contribution is 2.22. The third kappa shape index (κ3) is 2.22. The number of nitrogens with two attached hydrogens (primary N) is 1. The van der Waals surface area contributed by atoms with E-state index in [2.05, 4.69) is 15.5 Å². The third-order valence-corrected chi connectivity index (χ3v) is 3.08. The molecule has 0 saturated carbocycles. The molecule has 3 heterocycles. The molecule has 0 bridgehead atoms. The van der Waals surface area contributed by atoms with Gasteiger partial charge in [0.05, 0.1) is 11.2 Å². The molecule has 3 aromatic heterocycles. The van der Waals surface area contributed by atoms with E-state index in [1.54, 1.807) is 12.4 Å². The molecule has 0 radical (unpaired) electrons. The van der Waals surface area contributed by atoms with Crippen LogP contribution in [-0.2, 0) is 6.42 Å². The molecule has 0 aliphatic carbocycles. The fourth-order valence-corrected chi connectivity index (χ4v) is 2.26. The number of rotatable bonds is 3. The lowest BCUT2D eigenvalue weighted by Gasteiger charge is -2.01. The van der Waals surface area contributed by atoms with Crippen molar-refractivity contribution in [3.05, 3.63) is 54.6 Å². The molecule has 0 spiro atoms. The van der Waals surface area contributed by atoms with Gasteiger partial charge in [-0.1, -0.05) is 6.07 Å². The van der Waals surface area contributed by atoms with Crippen LogP contribution in [0.15, 0.2) is 48.9 Å². The Hall–Kier alpha value is -2.20. The highest BCUT2D eigenvalue weighted by atomic mass is 15.0. The summed E-state index contributed by atoms with van der Waals surface area (Å²) in [6.45, 7) is 2.00. The number of fused-ring (bicyclic) bond motifs is 1. The first-order valence-corrected chi connectivity index (χ1v) is 6.37. The molecule has 2 N–H and O–H groups in total. The van der Waals surface area contributed by atoms with Crippen LogP contribution in [0.1, 0.15) is 12.6 Å². The van der Waals surface area contributed by atoms with Gasteiger partial charge in [-0.05, 0) is 31.2 Å². The van der Waals surface area contributed by atoms with E-state index in [0.29, 0.717) is 0 Å². The molecule has 1 unspecified atom stereocenters. The van der Waals surface area contributed by atoms with Crippen molar-refractivity contribution in [3.63, 3.8) is 0 Å². The summed E-state index contributed by atoms with van der Waals surface area (Å²) in [5.74, 6) is 0.939. The van der Waals surface area contributed by atoms with Gasteiger partial charge in [0, 0.05) is 36.6 Å². The molecule has 0 aromatic carbocycles. The SMILES string of the molecule is CC(N)Cc1nc(-c2ccncc2)n2ccccc12. The van der Waals surface area contributed by atoms with E-state index in [4.69, 9.17) is 10.7 Å². The molecule has 0 aliphatic rings. The van der Waals surface area contributed by atoms with Crippen LogP contribution >= 0.6 is 0 Å². The van der Waals surface area contributed by atoms with Crippen LogP contribution in [0.3, 0.4) is 0 Å². The number of hydrogen-bond acceptors (Lipinski definition) is 3. The first-order valence-electron chi connectivity index (χ1n) is 6.37. The summed E-state index contributed by atoms with van der Waals surface area (Å²) in [4.78, 5) is 8.80. The molecule has 0 amide bonds. The van der Waals surface area contributed by atoms with Gasteiger partial charge in [0.25, 0.3) is 0 Å². The zero-order valence-electron chi connectivity index (χ0n) is 10.8. The smallest absolute Gasteiger partial charge is 0.144 e. The summed E-state index contributed by atoms with van der Waals surface area (Å²) in [7, 11) is 0. The minimum absolute atomic E-state index is 0.101. The lowest BCUT2D eigenvalue weighted by atomic mass is 10.2. The fourth-order valence-electron chi connectivity index (χ4n) is 2.26.